The minimum absolute atomic E-state index is 0.00938. The van der Waals surface area contributed by atoms with E-state index in [1.54, 1.807) is 12.1 Å². The van der Waals surface area contributed by atoms with E-state index in [-0.39, 0.29) is 16.3 Å². The summed E-state index contributed by atoms with van der Waals surface area (Å²) in [5, 5.41) is 25.2. The zero-order valence-corrected chi connectivity index (χ0v) is 13.2. The summed E-state index contributed by atoms with van der Waals surface area (Å²) in [5.74, 6) is -0.999. The van der Waals surface area contributed by atoms with E-state index in [0.717, 1.165) is 10.8 Å². The maximum absolute atomic E-state index is 11.1. The smallest absolute Gasteiger partial charge is 0.337 e. The van der Waals surface area contributed by atoms with Crippen LogP contribution in [-0.4, -0.2) is 22.4 Å². The van der Waals surface area contributed by atoms with Crippen LogP contribution in [0.15, 0.2) is 59.7 Å². The Hall–Kier alpha value is -3.05. The number of rotatable bonds is 4. The molecule has 0 fully saturated rings. The first-order valence-electron chi connectivity index (χ1n) is 7.09. The SMILES string of the molecule is O=C(O)c1cc(N/N=C/c2c(O)ccc3ccccc23)ccc1Cl. The van der Waals surface area contributed by atoms with Gasteiger partial charge in [0.15, 0.2) is 0 Å². The first-order valence-corrected chi connectivity index (χ1v) is 7.46. The second-order valence-electron chi connectivity index (χ2n) is 5.09. The molecule has 0 saturated heterocycles. The van der Waals surface area contributed by atoms with Gasteiger partial charge in [0.1, 0.15) is 5.75 Å². The van der Waals surface area contributed by atoms with Gasteiger partial charge in [-0.1, -0.05) is 41.9 Å². The molecule has 0 bridgehead atoms. The maximum Gasteiger partial charge on any atom is 0.337 e. The van der Waals surface area contributed by atoms with Crippen LogP contribution in [0.3, 0.4) is 0 Å². The summed E-state index contributed by atoms with van der Waals surface area (Å²) in [4.78, 5) is 11.1. The fourth-order valence-electron chi connectivity index (χ4n) is 2.35. The summed E-state index contributed by atoms with van der Waals surface area (Å²) in [6, 6.07) is 15.6. The van der Waals surface area contributed by atoms with Crippen molar-refractivity contribution in [2.75, 3.05) is 5.43 Å². The molecule has 0 atom stereocenters. The largest absolute Gasteiger partial charge is 0.507 e. The highest BCUT2D eigenvalue weighted by Crippen LogP contribution is 2.25. The lowest BCUT2D eigenvalue weighted by molar-refractivity contribution is 0.0697. The predicted molar refractivity (Wildman–Crippen MR) is 95.2 cm³/mol. The normalized spacial score (nSPS) is 11.0. The number of fused-ring (bicyclic) bond motifs is 1. The zero-order chi connectivity index (χ0) is 17.1. The number of halogens is 1. The topological polar surface area (TPSA) is 81.9 Å². The summed E-state index contributed by atoms with van der Waals surface area (Å²) in [6.45, 7) is 0. The molecule has 0 unspecified atom stereocenters. The molecule has 0 aliphatic carbocycles. The molecule has 0 heterocycles. The van der Waals surface area contributed by atoms with Crippen LogP contribution >= 0.6 is 11.6 Å². The Balaban J connectivity index is 1.89. The quantitative estimate of drug-likeness (QED) is 0.487. The van der Waals surface area contributed by atoms with E-state index in [1.807, 2.05) is 30.3 Å². The number of nitrogens with zero attached hydrogens (tertiary/aromatic N) is 1. The van der Waals surface area contributed by atoms with Gasteiger partial charge in [-0.05, 0) is 35.0 Å². The molecule has 0 aromatic heterocycles. The third-order valence-electron chi connectivity index (χ3n) is 3.53. The molecule has 120 valence electrons. The molecule has 0 saturated carbocycles. The van der Waals surface area contributed by atoms with Gasteiger partial charge >= 0.3 is 5.97 Å². The Morgan fingerprint density at radius 1 is 1.12 bits per heavy atom. The molecule has 0 radical (unpaired) electrons. The molecule has 3 rings (SSSR count). The molecular weight excluding hydrogens is 328 g/mol. The van der Waals surface area contributed by atoms with Crippen molar-refractivity contribution < 1.29 is 15.0 Å². The number of benzene rings is 3. The summed E-state index contributed by atoms with van der Waals surface area (Å²) < 4.78 is 0. The van der Waals surface area contributed by atoms with Crippen LogP contribution in [0.5, 0.6) is 5.75 Å². The van der Waals surface area contributed by atoms with Gasteiger partial charge in [0.25, 0.3) is 0 Å². The van der Waals surface area contributed by atoms with Gasteiger partial charge in [0.2, 0.25) is 0 Å². The first-order chi connectivity index (χ1) is 11.6. The van der Waals surface area contributed by atoms with Crippen molar-refractivity contribution >= 4 is 40.2 Å². The number of hydrogen-bond donors (Lipinski definition) is 3. The zero-order valence-electron chi connectivity index (χ0n) is 12.4. The number of phenolic OH excluding ortho intramolecular Hbond substituents is 1. The highest BCUT2D eigenvalue weighted by atomic mass is 35.5. The van der Waals surface area contributed by atoms with E-state index >= 15 is 0 Å². The van der Waals surface area contributed by atoms with Crippen molar-refractivity contribution in [3.63, 3.8) is 0 Å². The van der Waals surface area contributed by atoms with Crippen LogP contribution in [0.4, 0.5) is 5.69 Å². The molecule has 0 spiro atoms. The number of carbonyl (C=O) groups is 1. The van der Waals surface area contributed by atoms with Gasteiger partial charge in [-0.2, -0.15) is 5.10 Å². The number of aromatic hydroxyl groups is 1. The number of hydrazone groups is 1. The van der Waals surface area contributed by atoms with E-state index in [1.165, 1.54) is 18.3 Å². The summed E-state index contributed by atoms with van der Waals surface area (Å²) in [5.41, 5.74) is 3.79. The van der Waals surface area contributed by atoms with Gasteiger partial charge in [-0.3, -0.25) is 5.43 Å². The van der Waals surface area contributed by atoms with Crippen LogP contribution in [0.2, 0.25) is 5.02 Å². The van der Waals surface area contributed by atoms with E-state index in [2.05, 4.69) is 10.5 Å². The summed E-state index contributed by atoms with van der Waals surface area (Å²) in [7, 11) is 0. The Kier molecular flexibility index (Phi) is 4.35. The molecule has 0 amide bonds. The average Bonchev–Trinajstić information content (AvgIpc) is 2.58. The number of carboxylic acids is 1. The minimum Gasteiger partial charge on any atom is -0.507 e. The Morgan fingerprint density at radius 3 is 2.71 bits per heavy atom. The van der Waals surface area contributed by atoms with Crippen molar-refractivity contribution in [3.05, 3.63) is 70.7 Å². The Labute approximate surface area is 142 Å². The molecule has 0 aliphatic heterocycles. The standard InChI is InChI=1S/C18H13ClN2O3/c19-16-7-6-12(9-14(16)18(23)24)21-20-10-15-13-4-2-1-3-11(13)5-8-17(15)22/h1-10,21-22H,(H,23,24)/b20-10+. The fourth-order valence-corrected chi connectivity index (χ4v) is 2.55. The highest BCUT2D eigenvalue weighted by Gasteiger charge is 2.09. The molecule has 3 N–H and O–H groups in total. The molecule has 3 aromatic carbocycles. The van der Waals surface area contributed by atoms with Crippen molar-refractivity contribution in [2.24, 2.45) is 5.10 Å². The number of carboxylic acid groups (broad SMARTS) is 1. The second-order valence-corrected chi connectivity index (χ2v) is 5.50. The lowest BCUT2D eigenvalue weighted by Crippen LogP contribution is -1.99. The lowest BCUT2D eigenvalue weighted by Gasteiger charge is -2.06. The summed E-state index contributed by atoms with van der Waals surface area (Å²) >= 11 is 5.83. The van der Waals surface area contributed by atoms with Crippen molar-refractivity contribution in [2.45, 2.75) is 0 Å². The van der Waals surface area contributed by atoms with E-state index in [0.29, 0.717) is 11.3 Å². The molecule has 3 aromatic rings. The average molecular weight is 341 g/mol. The molecule has 0 aliphatic rings. The molecule has 6 heteroatoms. The number of phenols is 1. The minimum atomic E-state index is -1.11. The molecule has 5 nitrogen and oxygen atoms in total. The summed E-state index contributed by atoms with van der Waals surface area (Å²) in [6.07, 6.45) is 1.49. The van der Waals surface area contributed by atoms with Crippen LogP contribution in [0.1, 0.15) is 15.9 Å². The van der Waals surface area contributed by atoms with E-state index in [9.17, 15) is 9.90 Å². The Bertz CT molecular complexity index is 954. The van der Waals surface area contributed by atoms with Crippen molar-refractivity contribution in [3.8, 4) is 5.75 Å². The van der Waals surface area contributed by atoms with Crippen LogP contribution in [0, 0.1) is 0 Å². The second kappa shape index (κ2) is 6.60. The van der Waals surface area contributed by atoms with Crippen molar-refractivity contribution in [1.29, 1.82) is 0 Å². The van der Waals surface area contributed by atoms with Gasteiger partial charge in [0.05, 0.1) is 22.5 Å². The van der Waals surface area contributed by atoms with Crippen molar-refractivity contribution in [1.82, 2.24) is 0 Å². The third kappa shape index (κ3) is 3.16. The maximum atomic E-state index is 11.1. The lowest BCUT2D eigenvalue weighted by atomic mass is 10.0. The monoisotopic (exact) mass is 340 g/mol. The van der Waals surface area contributed by atoms with Gasteiger partial charge in [-0.25, -0.2) is 4.79 Å². The molecular formula is C18H13ClN2O3. The highest BCUT2D eigenvalue weighted by molar-refractivity contribution is 6.33. The van der Waals surface area contributed by atoms with Gasteiger partial charge < -0.3 is 10.2 Å². The van der Waals surface area contributed by atoms with Gasteiger partial charge in [-0.15, -0.1) is 0 Å². The number of nitrogens with one attached hydrogen (secondary N) is 1. The fraction of sp³-hybridized carbons (Fsp3) is 0. The predicted octanol–water partition coefficient (Wildman–Crippen LogP) is 4.34. The van der Waals surface area contributed by atoms with Crippen LogP contribution in [-0.2, 0) is 0 Å². The Morgan fingerprint density at radius 2 is 1.92 bits per heavy atom. The van der Waals surface area contributed by atoms with Crippen LogP contribution in [0.25, 0.3) is 10.8 Å². The third-order valence-corrected chi connectivity index (χ3v) is 3.86. The van der Waals surface area contributed by atoms with Crippen LogP contribution < -0.4 is 5.43 Å². The molecule has 24 heavy (non-hydrogen) atoms. The number of aromatic carboxylic acids is 1. The van der Waals surface area contributed by atoms with E-state index in [4.69, 9.17) is 16.7 Å². The van der Waals surface area contributed by atoms with E-state index < -0.39 is 5.97 Å². The number of anilines is 1. The first kappa shape index (κ1) is 15.8. The number of hydrogen-bond acceptors (Lipinski definition) is 4. The van der Waals surface area contributed by atoms with Gasteiger partial charge in [0, 0.05) is 5.56 Å².